The van der Waals surface area contributed by atoms with Crippen LogP contribution in [0, 0.1) is 0 Å². The first kappa shape index (κ1) is 15.4. The van der Waals surface area contributed by atoms with Gasteiger partial charge in [0.25, 0.3) is 0 Å². The van der Waals surface area contributed by atoms with Crippen LogP contribution in [0.5, 0.6) is 0 Å². The molecule has 0 amide bonds. The molecule has 1 rings (SSSR count). The average Bonchev–Trinajstić information content (AvgIpc) is 2.79. The van der Waals surface area contributed by atoms with Crippen molar-refractivity contribution in [2.75, 3.05) is 33.9 Å². The third-order valence-corrected chi connectivity index (χ3v) is 3.34. The van der Waals surface area contributed by atoms with Crippen LogP contribution in [-0.2, 0) is 14.3 Å². The number of hydrogen-bond acceptors (Lipinski definition) is 5. The predicted molar refractivity (Wildman–Crippen MR) is 70.5 cm³/mol. The SMILES string of the molecule is COC(=O)C(C)(CN(C)C1CCOC1)NC(C)C. The summed E-state index contributed by atoms with van der Waals surface area (Å²) < 4.78 is 10.3. The van der Waals surface area contributed by atoms with E-state index in [1.165, 1.54) is 7.11 Å². The summed E-state index contributed by atoms with van der Waals surface area (Å²) in [6.07, 6.45) is 1.02. The summed E-state index contributed by atoms with van der Waals surface area (Å²) >= 11 is 0. The molecule has 1 fully saturated rings. The third kappa shape index (κ3) is 3.93. The van der Waals surface area contributed by atoms with Crippen LogP contribution < -0.4 is 5.32 Å². The lowest BCUT2D eigenvalue weighted by Gasteiger charge is -2.35. The van der Waals surface area contributed by atoms with Crippen molar-refractivity contribution in [3.05, 3.63) is 0 Å². The number of likely N-dealkylation sites (N-methyl/N-ethyl adjacent to an activating group) is 1. The van der Waals surface area contributed by atoms with E-state index < -0.39 is 5.54 Å². The van der Waals surface area contributed by atoms with Crippen molar-refractivity contribution in [3.63, 3.8) is 0 Å². The normalized spacial score (nSPS) is 23.4. The van der Waals surface area contributed by atoms with Crippen molar-refractivity contribution in [3.8, 4) is 0 Å². The zero-order chi connectivity index (χ0) is 13.8. The Morgan fingerprint density at radius 3 is 2.72 bits per heavy atom. The highest BCUT2D eigenvalue weighted by atomic mass is 16.5. The number of ether oxygens (including phenoxy) is 2. The van der Waals surface area contributed by atoms with Crippen LogP contribution >= 0.6 is 0 Å². The van der Waals surface area contributed by atoms with E-state index in [0.717, 1.165) is 19.6 Å². The Morgan fingerprint density at radius 2 is 2.28 bits per heavy atom. The van der Waals surface area contributed by atoms with Gasteiger partial charge in [-0.25, -0.2) is 0 Å². The lowest BCUT2D eigenvalue weighted by molar-refractivity contribution is -0.149. The summed E-state index contributed by atoms with van der Waals surface area (Å²) in [6.45, 7) is 8.12. The second kappa shape index (κ2) is 6.50. The van der Waals surface area contributed by atoms with E-state index in [4.69, 9.17) is 9.47 Å². The highest BCUT2D eigenvalue weighted by molar-refractivity contribution is 5.80. The third-order valence-electron chi connectivity index (χ3n) is 3.34. The molecular formula is C13H26N2O3. The molecule has 1 aliphatic heterocycles. The van der Waals surface area contributed by atoms with Gasteiger partial charge in [-0.15, -0.1) is 0 Å². The first-order valence-corrected chi connectivity index (χ1v) is 6.53. The molecule has 1 aliphatic rings. The maximum absolute atomic E-state index is 12.0. The van der Waals surface area contributed by atoms with Crippen LogP contribution in [-0.4, -0.2) is 62.4 Å². The predicted octanol–water partition coefficient (Wildman–Crippen LogP) is 0.637. The van der Waals surface area contributed by atoms with Gasteiger partial charge >= 0.3 is 5.97 Å². The number of hydrogen-bond donors (Lipinski definition) is 1. The number of esters is 1. The summed E-state index contributed by atoms with van der Waals surface area (Å²) in [4.78, 5) is 14.2. The molecule has 1 N–H and O–H groups in total. The fraction of sp³-hybridized carbons (Fsp3) is 0.923. The van der Waals surface area contributed by atoms with Crippen LogP contribution in [0.3, 0.4) is 0 Å². The van der Waals surface area contributed by atoms with E-state index in [0.29, 0.717) is 12.6 Å². The van der Waals surface area contributed by atoms with Crippen molar-refractivity contribution in [2.24, 2.45) is 0 Å². The molecule has 0 spiro atoms. The van der Waals surface area contributed by atoms with Crippen molar-refractivity contribution >= 4 is 5.97 Å². The molecular weight excluding hydrogens is 232 g/mol. The van der Waals surface area contributed by atoms with Crippen molar-refractivity contribution in [1.29, 1.82) is 0 Å². The molecule has 0 aromatic carbocycles. The van der Waals surface area contributed by atoms with Crippen LogP contribution in [0.4, 0.5) is 0 Å². The number of nitrogens with zero attached hydrogens (tertiary/aromatic N) is 1. The van der Waals surface area contributed by atoms with E-state index >= 15 is 0 Å². The van der Waals surface area contributed by atoms with Gasteiger partial charge in [0.15, 0.2) is 0 Å². The van der Waals surface area contributed by atoms with Crippen LogP contribution in [0.1, 0.15) is 27.2 Å². The average molecular weight is 258 g/mol. The Morgan fingerprint density at radius 1 is 1.61 bits per heavy atom. The van der Waals surface area contributed by atoms with Crippen LogP contribution in [0.2, 0.25) is 0 Å². The number of methoxy groups -OCH3 is 1. The molecule has 0 radical (unpaired) electrons. The summed E-state index contributed by atoms with van der Waals surface area (Å²) in [5.74, 6) is -0.220. The lowest BCUT2D eigenvalue weighted by Crippen LogP contribution is -2.60. The monoisotopic (exact) mass is 258 g/mol. The quantitative estimate of drug-likeness (QED) is 0.708. The number of carbonyl (C=O) groups excluding carboxylic acids is 1. The van der Waals surface area contributed by atoms with Crippen molar-refractivity contribution < 1.29 is 14.3 Å². The Bertz CT molecular complexity index is 277. The molecule has 106 valence electrons. The second-order valence-electron chi connectivity index (χ2n) is 5.56. The fourth-order valence-electron chi connectivity index (χ4n) is 2.53. The zero-order valence-electron chi connectivity index (χ0n) is 12.2. The van der Waals surface area contributed by atoms with E-state index in [-0.39, 0.29) is 12.0 Å². The molecule has 5 nitrogen and oxygen atoms in total. The summed E-state index contributed by atoms with van der Waals surface area (Å²) in [6, 6.07) is 0.616. The first-order valence-electron chi connectivity index (χ1n) is 6.53. The molecule has 2 atom stereocenters. The van der Waals surface area contributed by atoms with E-state index in [1.54, 1.807) is 0 Å². The maximum Gasteiger partial charge on any atom is 0.327 e. The molecule has 0 bridgehead atoms. The fourth-order valence-corrected chi connectivity index (χ4v) is 2.53. The number of nitrogens with one attached hydrogen (secondary N) is 1. The smallest absolute Gasteiger partial charge is 0.327 e. The topological polar surface area (TPSA) is 50.8 Å². The highest BCUT2D eigenvalue weighted by Crippen LogP contribution is 2.16. The minimum Gasteiger partial charge on any atom is -0.468 e. The summed E-state index contributed by atoms with van der Waals surface area (Å²) in [5, 5.41) is 3.30. The van der Waals surface area contributed by atoms with Crippen LogP contribution in [0.15, 0.2) is 0 Å². The molecule has 1 heterocycles. The molecule has 18 heavy (non-hydrogen) atoms. The summed E-state index contributed by atoms with van der Waals surface area (Å²) in [7, 11) is 3.46. The van der Waals surface area contributed by atoms with Crippen LogP contribution in [0.25, 0.3) is 0 Å². The van der Waals surface area contributed by atoms with Gasteiger partial charge in [-0.2, -0.15) is 0 Å². The summed E-state index contributed by atoms with van der Waals surface area (Å²) in [5.41, 5.74) is -0.680. The molecule has 5 heteroatoms. The van der Waals surface area contributed by atoms with Gasteiger partial charge in [-0.1, -0.05) is 0 Å². The molecule has 0 aromatic rings. The van der Waals surface area contributed by atoms with E-state index in [9.17, 15) is 4.79 Å². The van der Waals surface area contributed by atoms with Gasteiger partial charge in [0, 0.05) is 25.2 Å². The Kier molecular flexibility index (Phi) is 5.56. The van der Waals surface area contributed by atoms with Gasteiger partial charge in [0.05, 0.1) is 13.7 Å². The molecule has 1 saturated heterocycles. The van der Waals surface area contributed by atoms with Crippen molar-refractivity contribution in [1.82, 2.24) is 10.2 Å². The molecule has 2 unspecified atom stereocenters. The van der Waals surface area contributed by atoms with Gasteiger partial charge in [-0.05, 0) is 34.2 Å². The van der Waals surface area contributed by atoms with E-state index in [2.05, 4.69) is 10.2 Å². The van der Waals surface area contributed by atoms with Gasteiger partial charge in [-0.3, -0.25) is 15.0 Å². The largest absolute Gasteiger partial charge is 0.468 e. The Balaban J connectivity index is 2.67. The standard InChI is InChI=1S/C13H26N2O3/c1-10(2)14-13(3,12(16)17-5)9-15(4)11-6-7-18-8-11/h10-11,14H,6-9H2,1-5H3. The van der Waals surface area contributed by atoms with Gasteiger partial charge in [0.1, 0.15) is 5.54 Å². The molecule has 0 aliphatic carbocycles. The van der Waals surface area contributed by atoms with Gasteiger partial charge < -0.3 is 9.47 Å². The lowest BCUT2D eigenvalue weighted by atomic mass is 9.99. The Hall–Kier alpha value is -0.650. The second-order valence-corrected chi connectivity index (χ2v) is 5.56. The molecule has 0 aromatic heterocycles. The molecule has 0 saturated carbocycles. The van der Waals surface area contributed by atoms with Crippen molar-refractivity contribution in [2.45, 2.75) is 44.8 Å². The highest BCUT2D eigenvalue weighted by Gasteiger charge is 2.37. The van der Waals surface area contributed by atoms with E-state index in [1.807, 2.05) is 27.8 Å². The number of rotatable bonds is 6. The zero-order valence-corrected chi connectivity index (χ0v) is 12.2. The Labute approximate surface area is 110 Å². The minimum absolute atomic E-state index is 0.220. The first-order chi connectivity index (χ1) is 8.39. The van der Waals surface area contributed by atoms with Gasteiger partial charge in [0.2, 0.25) is 0 Å². The number of carbonyl (C=O) groups is 1. The minimum atomic E-state index is -0.680. The maximum atomic E-state index is 12.0.